The molecule has 0 spiro atoms. The van der Waals surface area contributed by atoms with Crippen LogP contribution in [0.15, 0.2) is 4.52 Å². The molecular weight excluding hydrogens is 258 g/mol. The molecule has 1 saturated heterocycles. The molecule has 2 heterocycles. The van der Waals surface area contributed by atoms with Gasteiger partial charge >= 0.3 is 0 Å². The number of ketones is 1. The summed E-state index contributed by atoms with van der Waals surface area (Å²) in [6, 6.07) is 0. The molecule has 6 nitrogen and oxygen atoms in total. The van der Waals surface area contributed by atoms with Crippen molar-refractivity contribution in [3.05, 3.63) is 11.7 Å². The Morgan fingerprint density at radius 1 is 1.40 bits per heavy atom. The van der Waals surface area contributed by atoms with Crippen LogP contribution in [0, 0.1) is 5.92 Å². The number of carbonyl (C=O) groups excluding carboxylic acids is 1. The van der Waals surface area contributed by atoms with E-state index in [-0.39, 0.29) is 24.2 Å². The summed E-state index contributed by atoms with van der Waals surface area (Å²) < 4.78 is 10.8. The average molecular weight is 279 g/mol. The molecular formula is C14H21N3O3. The molecule has 1 aliphatic heterocycles. The maximum atomic E-state index is 12.1. The van der Waals surface area contributed by atoms with Crippen LogP contribution in [0.1, 0.15) is 43.5 Å². The fourth-order valence-electron chi connectivity index (χ4n) is 2.95. The van der Waals surface area contributed by atoms with Crippen LogP contribution in [0.25, 0.3) is 0 Å². The molecule has 1 atom stereocenters. The monoisotopic (exact) mass is 279 g/mol. The van der Waals surface area contributed by atoms with Crippen LogP contribution in [0.4, 0.5) is 0 Å². The minimum atomic E-state index is -0.146. The van der Waals surface area contributed by atoms with Crippen molar-refractivity contribution >= 4 is 5.78 Å². The molecule has 2 aliphatic rings. The molecule has 1 aliphatic carbocycles. The summed E-state index contributed by atoms with van der Waals surface area (Å²) in [5.41, 5.74) is 0. The predicted octanol–water partition coefficient (Wildman–Crippen LogP) is 1.37. The Bertz CT molecular complexity index is 468. The minimum Gasteiger partial charge on any atom is -0.367 e. The van der Waals surface area contributed by atoms with Crippen molar-refractivity contribution in [3.8, 4) is 0 Å². The topological polar surface area (TPSA) is 68.5 Å². The molecule has 1 unspecified atom stereocenters. The van der Waals surface area contributed by atoms with Crippen molar-refractivity contribution in [1.82, 2.24) is 15.0 Å². The maximum Gasteiger partial charge on any atom is 0.234 e. The summed E-state index contributed by atoms with van der Waals surface area (Å²) in [6.07, 6.45) is 4.46. The van der Waals surface area contributed by atoms with Gasteiger partial charge in [0.05, 0.1) is 13.0 Å². The van der Waals surface area contributed by atoms with Gasteiger partial charge in [0, 0.05) is 19.0 Å². The third-order valence-corrected chi connectivity index (χ3v) is 4.18. The first-order chi connectivity index (χ1) is 9.72. The van der Waals surface area contributed by atoms with Crippen LogP contribution in [0.3, 0.4) is 0 Å². The molecule has 1 aromatic rings. The molecule has 0 N–H and O–H groups in total. The highest BCUT2D eigenvalue weighted by Crippen LogP contribution is 2.26. The highest BCUT2D eigenvalue weighted by molar-refractivity contribution is 5.82. The first-order valence-corrected chi connectivity index (χ1v) is 7.37. The Labute approximate surface area is 118 Å². The Morgan fingerprint density at radius 2 is 2.20 bits per heavy atom. The van der Waals surface area contributed by atoms with Crippen molar-refractivity contribution in [2.45, 2.75) is 38.2 Å². The zero-order valence-corrected chi connectivity index (χ0v) is 11.9. The predicted molar refractivity (Wildman–Crippen MR) is 71.2 cm³/mol. The number of aromatic nitrogens is 2. The second-order valence-electron chi connectivity index (χ2n) is 5.79. The first kappa shape index (κ1) is 13.7. The standard InChI is InChI=1S/C14H21N3O3/c1-17-6-7-19-12(9-17)14-15-13(20-16-14)8-11(18)10-4-2-3-5-10/h10,12H,2-9H2,1H3. The molecule has 3 rings (SSSR count). The molecule has 1 aromatic heterocycles. The number of likely N-dealkylation sites (N-methyl/N-ethyl adjacent to an activating group) is 1. The zero-order chi connectivity index (χ0) is 13.9. The number of carbonyl (C=O) groups is 1. The van der Waals surface area contributed by atoms with Crippen LogP contribution < -0.4 is 0 Å². The van der Waals surface area contributed by atoms with Crippen LogP contribution >= 0.6 is 0 Å². The lowest BCUT2D eigenvalue weighted by Gasteiger charge is -2.27. The number of hydrogen-bond donors (Lipinski definition) is 0. The molecule has 6 heteroatoms. The van der Waals surface area contributed by atoms with Gasteiger partial charge in [-0.3, -0.25) is 4.79 Å². The molecule has 20 heavy (non-hydrogen) atoms. The largest absolute Gasteiger partial charge is 0.367 e. The highest BCUT2D eigenvalue weighted by Gasteiger charge is 2.27. The number of ether oxygens (including phenoxy) is 1. The first-order valence-electron chi connectivity index (χ1n) is 7.37. The van der Waals surface area contributed by atoms with E-state index in [2.05, 4.69) is 15.0 Å². The van der Waals surface area contributed by atoms with Gasteiger partial charge in [-0.25, -0.2) is 0 Å². The summed E-state index contributed by atoms with van der Waals surface area (Å²) in [4.78, 5) is 18.6. The van der Waals surface area contributed by atoms with Gasteiger partial charge in [0.1, 0.15) is 11.9 Å². The summed E-state index contributed by atoms with van der Waals surface area (Å²) in [7, 11) is 2.04. The molecule has 1 saturated carbocycles. The van der Waals surface area contributed by atoms with E-state index in [4.69, 9.17) is 9.26 Å². The number of Topliss-reactive ketones (excluding diaryl/α,β-unsaturated/α-hetero) is 1. The van der Waals surface area contributed by atoms with Crippen LogP contribution in [-0.2, 0) is 16.0 Å². The van der Waals surface area contributed by atoms with Crippen molar-refractivity contribution in [2.24, 2.45) is 5.92 Å². The lowest BCUT2D eigenvalue weighted by molar-refractivity contribution is -0.122. The molecule has 0 bridgehead atoms. The Morgan fingerprint density at radius 3 is 2.95 bits per heavy atom. The number of hydrogen-bond acceptors (Lipinski definition) is 6. The summed E-state index contributed by atoms with van der Waals surface area (Å²) >= 11 is 0. The second kappa shape index (κ2) is 6.01. The van der Waals surface area contributed by atoms with Gasteiger partial charge in [-0.05, 0) is 19.9 Å². The molecule has 0 radical (unpaired) electrons. The van der Waals surface area contributed by atoms with Crippen molar-refractivity contribution in [1.29, 1.82) is 0 Å². The van der Waals surface area contributed by atoms with E-state index in [1.54, 1.807) is 0 Å². The smallest absolute Gasteiger partial charge is 0.234 e. The summed E-state index contributed by atoms with van der Waals surface area (Å²) in [6.45, 7) is 2.35. The van der Waals surface area contributed by atoms with E-state index in [9.17, 15) is 4.79 Å². The van der Waals surface area contributed by atoms with Gasteiger partial charge in [-0.1, -0.05) is 18.0 Å². The van der Waals surface area contributed by atoms with Gasteiger partial charge in [-0.2, -0.15) is 4.98 Å². The highest BCUT2D eigenvalue weighted by atomic mass is 16.5. The van der Waals surface area contributed by atoms with E-state index >= 15 is 0 Å². The third-order valence-electron chi connectivity index (χ3n) is 4.18. The number of nitrogens with zero attached hydrogens (tertiary/aromatic N) is 3. The Hall–Kier alpha value is -1.27. The van der Waals surface area contributed by atoms with E-state index in [1.807, 2.05) is 7.05 Å². The quantitative estimate of drug-likeness (QED) is 0.829. The fraction of sp³-hybridized carbons (Fsp3) is 0.786. The fourth-order valence-corrected chi connectivity index (χ4v) is 2.95. The van der Waals surface area contributed by atoms with E-state index < -0.39 is 0 Å². The lowest BCUT2D eigenvalue weighted by Crippen LogP contribution is -2.35. The van der Waals surface area contributed by atoms with E-state index in [0.717, 1.165) is 38.8 Å². The van der Waals surface area contributed by atoms with E-state index in [1.165, 1.54) is 0 Å². The number of rotatable bonds is 4. The molecule has 110 valence electrons. The Balaban J connectivity index is 1.60. The van der Waals surface area contributed by atoms with Gasteiger partial charge in [0.25, 0.3) is 0 Å². The van der Waals surface area contributed by atoms with Gasteiger partial charge in [0.15, 0.2) is 0 Å². The Kier molecular flexibility index (Phi) is 4.12. The SMILES string of the molecule is CN1CCOC(c2noc(CC(=O)C3CCCC3)n2)C1. The lowest BCUT2D eigenvalue weighted by atomic mass is 10.0. The number of morpholine rings is 1. The summed E-state index contributed by atoms with van der Waals surface area (Å²) in [5.74, 6) is 1.42. The van der Waals surface area contributed by atoms with Gasteiger partial charge in [-0.15, -0.1) is 0 Å². The summed E-state index contributed by atoms with van der Waals surface area (Å²) in [5, 5.41) is 3.96. The zero-order valence-electron chi connectivity index (χ0n) is 11.9. The second-order valence-corrected chi connectivity index (χ2v) is 5.79. The van der Waals surface area contributed by atoms with Gasteiger partial charge < -0.3 is 14.2 Å². The van der Waals surface area contributed by atoms with Crippen LogP contribution in [0.5, 0.6) is 0 Å². The normalized spacial score (nSPS) is 25.1. The average Bonchev–Trinajstić information content (AvgIpc) is 3.10. The van der Waals surface area contributed by atoms with Crippen molar-refractivity contribution in [2.75, 3.05) is 26.7 Å². The van der Waals surface area contributed by atoms with Crippen molar-refractivity contribution in [3.63, 3.8) is 0 Å². The van der Waals surface area contributed by atoms with E-state index in [0.29, 0.717) is 18.3 Å². The molecule has 0 amide bonds. The van der Waals surface area contributed by atoms with Crippen LogP contribution in [-0.4, -0.2) is 47.6 Å². The van der Waals surface area contributed by atoms with Crippen molar-refractivity contribution < 1.29 is 14.1 Å². The minimum absolute atomic E-state index is 0.146. The molecule has 0 aromatic carbocycles. The maximum absolute atomic E-state index is 12.1. The van der Waals surface area contributed by atoms with Gasteiger partial charge in [0.2, 0.25) is 11.7 Å². The molecule has 2 fully saturated rings. The van der Waals surface area contributed by atoms with Crippen LogP contribution in [0.2, 0.25) is 0 Å². The third kappa shape index (κ3) is 3.07.